The highest BCUT2D eigenvalue weighted by Gasteiger charge is 2.34. The molecular formula is C12H22N2O2. The van der Waals surface area contributed by atoms with Crippen molar-refractivity contribution >= 4 is 6.03 Å². The standard InChI is InChI=1S/C12H22N2O2/c1-16-10-9-14(11-5-6-11)12(15)13-7-3-2-4-8-13/h11H,2-10H2,1H3. The SMILES string of the molecule is COCCN(C(=O)N1CCCCC1)C1CC1. The summed E-state index contributed by atoms with van der Waals surface area (Å²) in [4.78, 5) is 16.3. The number of methoxy groups -OCH3 is 1. The van der Waals surface area contributed by atoms with E-state index in [0.29, 0.717) is 12.6 Å². The van der Waals surface area contributed by atoms with Gasteiger partial charge in [-0.1, -0.05) is 0 Å². The molecule has 0 aromatic carbocycles. The Hall–Kier alpha value is -0.770. The fraction of sp³-hybridized carbons (Fsp3) is 0.917. The van der Waals surface area contributed by atoms with Crippen LogP contribution in [0.15, 0.2) is 0 Å². The lowest BCUT2D eigenvalue weighted by Crippen LogP contribution is -2.47. The fourth-order valence-electron chi connectivity index (χ4n) is 2.28. The molecule has 0 bridgehead atoms. The zero-order chi connectivity index (χ0) is 11.4. The second kappa shape index (κ2) is 5.53. The molecule has 4 nitrogen and oxygen atoms in total. The molecule has 2 amide bonds. The van der Waals surface area contributed by atoms with Crippen molar-refractivity contribution in [2.75, 3.05) is 33.4 Å². The summed E-state index contributed by atoms with van der Waals surface area (Å²) < 4.78 is 5.08. The third-order valence-corrected chi connectivity index (χ3v) is 3.40. The molecule has 0 unspecified atom stereocenters. The van der Waals surface area contributed by atoms with Gasteiger partial charge in [0, 0.05) is 32.8 Å². The second-order valence-electron chi connectivity index (χ2n) is 4.75. The van der Waals surface area contributed by atoms with Crippen molar-refractivity contribution in [1.29, 1.82) is 0 Å². The van der Waals surface area contributed by atoms with Crippen LogP contribution in [0.2, 0.25) is 0 Å². The van der Waals surface area contributed by atoms with E-state index in [1.807, 2.05) is 9.80 Å². The maximum atomic E-state index is 12.3. The molecule has 0 aromatic rings. The lowest BCUT2D eigenvalue weighted by molar-refractivity contribution is 0.116. The van der Waals surface area contributed by atoms with E-state index in [1.165, 1.54) is 19.3 Å². The number of nitrogens with zero attached hydrogens (tertiary/aromatic N) is 2. The highest BCUT2D eigenvalue weighted by Crippen LogP contribution is 2.28. The number of likely N-dealkylation sites (tertiary alicyclic amines) is 1. The number of rotatable bonds is 4. The smallest absolute Gasteiger partial charge is 0.320 e. The molecule has 0 N–H and O–H groups in total. The number of piperidine rings is 1. The Kier molecular flexibility index (Phi) is 4.04. The first-order valence-electron chi connectivity index (χ1n) is 6.37. The van der Waals surface area contributed by atoms with Crippen LogP contribution in [-0.2, 0) is 4.74 Å². The van der Waals surface area contributed by atoms with Gasteiger partial charge in [-0.25, -0.2) is 4.79 Å². The van der Waals surface area contributed by atoms with Crippen molar-refractivity contribution in [3.05, 3.63) is 0 Å². The van der Waals surface area contributed by atoms with Gasteiger partial charge >= 0.3 is 6.03 Å². The number of hydrogen-bond donors (Lipinski definition) is 0. The van der Waals surface area contributed by atoms with Crippen LogP contribution in [0.4, 0.5) is 4.79 Å². The van der Waals surface area contributed by atoms with Crippen molar-refractivity contribution in [1.82, 2.24) is 9.80 Å². The van der Waals surface area contributed by atoms with E-state index >= 15 is 0 Å². The van der Waals surface area contributed by atoms with Crippen LogP contribution in [0.5, 0.6) is 0 Å². The van der Waals surface area contributed by atoms with Crippen LogP contribution in [0.1, 0.15) is 32.1 Å². The molecule has 0 spiro atoms. The molecule has 0 atom stereocenters. The average molecular weight is 226 g/mol. The van der Waals surface area contributed by atoms with Crippen molar-refractivity contribution in [3.63, 3.8) is 0 Å². The number of carbonyl (C=O) groups is 1. The monoisotopic (exact) mass is 226 g/mol. The van der Waals surface area contributed by atoms with Gasteiger partial charge in [0.25, 0.3) is 0 Å². The highest BCUT2D eigenvalue weighted by atomic mass is 16.5. The van der Waals surface area contributed by atoms with Gasteiger partial charge in [0.2, 0.25) is 0 Å². The first-order valence-corrected chi connectivity index (χ1v) is 6.37. The minimum atomic E-state index is 0.235. The molecule has 1 heterocycles. The maximum Gasteiger partial charge on any atom is 0.320 e. The molecule has 1 saturated carbocycles. The van der Waals surface area contributed by atoms with Crippen LogP contribution in [-0.4, -0.2) is 55.2 Å². The second-order valence-corrected chi connectivity index (χ2v) is 4.75. The molecule has 1 saturated heterocycles. The Labute approximate surface area is 97.5 Å². The molecule has 0 aromatic heterocycles. The van der Waals surface area contributed by atoms with Crippen LogP contribution in [0.25, 0.3) is 0 Å². The van der Waals surface area contributed by atoms with Crippen LogP contribution < -0.4 is 0 Å². The van der Waals surface area contributed by atoms with Gasteiger partial charge in [-0.3, -0.25) is 0 Å². The van der Waals surface area contributed by atoms with Crippen LogP contribution in [0, 0.1) is 0 Å². The quantitative estimate of drug-likeness (QED) is 0.731. The molecule has 1 aliphatic carbocycles. The van der Waals surface area contributed by atoms with Gasteiger partial charge < -0.3 is 14.5 Å². The minimum absolute atomic E-state index is 0.235. The lowest BCUT2D eigenvalue weighted by atomic mass is 10.1. The largest absolute Gasteiger partial charge is 0.383 e. The molecule has 0 radical (unpaired) electrons. The summed E-state index contributed by atoms with van der Waals surface area (Å²) in [6, 6.07) is 0.726. The van der Waals surface area contributed by atoms with Gasteiger partial charge in [-0.05, 0) is 32.1 Å². The van der Waals surface area contributed by atoms with Gasteiger partial charge in [0.1, 0.15) is 0 Å². The fourth-order valence-corrected chi connectivity index (χ4v) is 2.28. The van der Waals surface area contributed by atoms with Crippen molar-refractivity contribution < 1.29 is 9.53 Å². The first kappa shape index (κ1) is 11.7. The maximum absolute atomic E-state index is 12.3. The van der Waals surface area contributed by atoms with Crippen LogP contribution >= 0.6 is 0 Å². The van der Waals surface area contributed by atoms with E-state index in [0.717, 1.165) is 32.5 Å². The Morgan fingerprint density at radius 3 is 2.56 bits per heavy atom. The topological polar surface area (TPSA) is 32.8 Å². The summed E-state index contributed by atoms with van der Waals surface area (Å²) in [5, 5.41) is 0. The summed E-state index contributed by atoms with van der Waals surface area (Å²) in [6.45, 7) is 3.27. The molecule has 1 aliphatic heterocycles. The van der Waals surface area contributed by atoms with E-state index in [-0.39, 0.29) is 6.03 Å². The molecule has 16 heavy (non-hydrogen) atoms. The summed E-state index contributed by atoms with van der Waals surface area (Å²) in [5.74, 6) is 0. The van der Waals surface area contributed by atoms with E-state index < -0.39 is 0 Å². The molecule has 92 valence electrons. The predicted molar refractivity (Wildman–Crippen MR) is 62.4 cm³/mol. The minimum Gasteiger partial charge on any atom is -0.383 e. The Bertz CT molecular complexity index is 235. The Morgan fingerprint density at radius 1 is 1.31 bits per heavy atom. The highest BCUT2D eigenvalue weighted by molar-refractivity contribution is 5.75. The van der Waals surface area contributed by atoms with E-state index in [9.17, 15) is 4.79 Å². The van der Waals surface area contributed by atoms with E-state index in [1.54, 1.807) is 7.11 Å². The normalized spacial score (nSPS) is 20.9. The third-order valence-electron chi connectivity index (χ3n) is 3.40. The molecule has 2 fully saturated rings. The number of urea groups is 1. The number of ether oxygens (including phenoxy) is 1. The van der Waals surface area contributed by atoms with Crippen molar-refractivity contribution in [3.8, 4) is 0 Å². The van der Waals surface area contributed by atoms with Gasteiger partial charge in [0.15, 0.2) is 0 Å². The predicted octanol–water partition coefficient (Wildman–Crippen LogP) is 1.70. The third kappa shape index (κ3) is 2.88. The van der Waals surface area contributed by atoms with Gasteiger partial charge in [-0.15, -0.1) is 0 Å². The summed E-state index contributed by atoms with van der Waals surface area (Å²) in [7, 11) is 1.69. The Morgan fingerprint density at radius 2 is 2.00 bits per heavy atom. The molecule has 2 aliphatic rings. The number of amides is 2. The summed E-state index contributed by atoms with van der Waals surface area (Å²) in [6.07, 6.45) is 5.93. The Balaban J connectivity index is 1.87. The summed E-state index contributed by atoms with van der Waals surface area (Å²) >= 11 is 0. The number of hydrogen-bond acceptors (Lipinski definition) is 2. The number of carbonyl (C=O) groups excluding carboxylic acids is 1. The van der Waals surface area contributed by atoms with Crippen molar-refractivity contribution in [2.45, 2.75) is 38.1 Å². The lowest BCUT2D eigenvalue weighted by Gasteiger charge is -2.33. The van der Waals surface area contributed by atoms with Crippen molar-refractivity contribution in [2.24, 2.45) is 0 Å². The zero-order valence-corrected chi connectivity index (χ0v) is 10.2. The van der Waals surface area contributed by atoms with E-state index in [2.05, 4.69) is 0 Å². The van der Waals surface area contributed by atoms with Crippen LogP contribution in [0.3, 0.4) is 0 Å². The molecule has 4 heteroatoms. The van der Waals surface area contributed by atoms with E-state index in [4.69, 9.17) is 4.74 Å². The zero-order valence-electron chi connectivity index (χ0n) is 10.2. The average Bonchev–Trinajstić information content (AvgIpc) is 3.15. The first-order chi connectivity index (χ1) is 7.83. The molecule has 2 rings (SSSR count). The molecular weight excluding hydrogens is 204 g/mol. The van der Waals surface area contributed by atoms with Gasteiger partial charge in [0.05, 0.1) is 6.61 Å². The summed E-state index contributed by atoms with van der Waals surface area (Å²) in [5.41, 5.74) is 0. The van der Waals surface area contributed by atoms with Gasteiger partial charge in [-0.2, -0.15) is 0 Å².